The van der Waals surface area contributed by atoms with Crippen LogP contribution in [0.4, 0.5) is 4.79 Å². The van der Waals surface area contributed by atoms with E-state index in [1.165, 1.54) is 0 Å². The minimum absolute atomic E-state index is 0.0892. The second kappa shape index (κ2) is 6.69. The molecule has 1 fully saturated rings. The lowest BCUT2D eigenvalue weighted by molar-refractivity contribution is -0.127. The number of carbonyl (C=O) groups is 2. The number of halogens is 1. The number of ether oxygens (including phenoxy) is 2. The summed E-state index contributed by atoms with van der Waals surface area (Å²) in [4.78, 5) is 25.3. The Morgan fingerprint density at radius 1 is 1.41 bits per heavy atom. The zero-order chi connectivity index (χ0) is 16.3. The van der Waals surface area contributed by atoms with Crippen molar-refractivity contribution in [3.05, 3.63) is 29.8 Å². The van der Waals surface area contributed by atoms with E-state index in [2.05, 4.69) is 15.9 Å². The molecule has 1 saturated heterocycles. The van der Waals surface area contributed by atoms with Crippen LogP contribution in [0.1, 0.15) is 32.8 Å². The summed E-state index contributed by atoms with van der Waals surface area (Å²) in [5.41, 5.74) is 0.317. The van der Waals surface area contributed by atoms with Gasteiger partial charge in [-0.15, -0.1) is 0 Å². The Bertz CT molecular complexity index is 568. The van der Waals surface area contributed by atoms with Gasteiger partial charge in [0.2, 0.25) is 5.91 Å². The molecule has 22 heavy (non-hydrogen) atoms. The van der Waals surface area contributed by atoms with E-state index in [1.807, 2.05) is 6.07 Å². The normalized spacial score (nSPS) is 18.5. The third-order valence-electron chi connectivity index (χ3n) is 3.09. The fourth-order valence-corrected chi connectivity index (χ4v) is 2.65. The lowest BCUT2D eigenvalue weighted by atomic mass is 10.2. The Labute approximate surface area is 138 Å². The molecule has 5 nitrogen and oxygen atoms in total. The van der Waals surface area contributed by atoms with Crippen LogP contribution in [0.25, 0.3) is 0 Å². The van der Waals surface area contributed by atoms with Gasteiger partial charge in [-0.2, -0.15) is 0 Å². The summed E-state index contributed by atoms with van der Waals surface area (Å²) in [6.45, 7) is 6.57. The second-order valence-electron chi connectivity index (χ2n) is 6.23. The summed E-state index contributed by atoms with van der Waals surface area (Å²) in [7, 11) is 0. The second-order valence-corrected chi connectivity index (χ2v) is 7.34. The van der Waals surface area contributed by atoms with Crippen LogP contribution in [0, 0.1) is 0 Å². The summed E-state index contributed by atoms with van der Waals surface area (Å²) in [6, 6.07) is 7.13. The third kappa shape index (κ3) is 4.73. The Kier molecular flexibility index (Phi) is 5.11. The molecule has 1 atom stereocenters. The van der Waals surface area contributed by atoms with Crippen molar-refractivity contribution in [2.45, 2.75) is 44.2 Å². The molecule has 1 aromatic carbocycles. The lowest BCUT2D eigenvalue weighted by Gasteiger charge is -2.19. The fourth-order valence-electron chi connectivity index (χ4n) is 2.15. The van der Waals surface area contributed by atoms with Crippen molar-refractivity contribution in [3.63, 3.8) is 0 Å². The third-order valence-corrected chi connectivity index (χ3v) is 3.94. The van der Waals surface area contributed by atoms with Gasteiger partial charge in [-0.05, 0) is 44.9 Å². The van der Waals surface area contributed by atoms with Crippen LogP contribution in [0.15, 0.2) is 24.3 Å². The van der Waals surface area contributed by atoms with E-state index in [1.54, 1.807) is 43.9 Å². The van der Waals surface area contributed by atoms with Crippen molar-refractivity contribution in [1.82, 2.24) is 4.90 Å². The average molecular weight is 370 g/mol. The highest BCUT2D eigenvalue weighted by Crippen LogP contribution is 2.22. The van der Waals surface area contributed by atoms with Gasteiger partial charge in [-0.3, -0.25) is 4.79 Å². The molecule has 120 valence electrons. The molecule has 0 aromatic heterocycles. The minimum atomic E-state index is -0.734. The first kappa shape index (κ1) is 16.8. The van der Waals surface area contributed by atoms with Gasteiger partial charge in [0.1, 0.15) is 11.4 Å². The molecule has 1 aliphatic rings. The van der Waals surface area contributed by atoms with Gasteiger partial charge in [0, 0.05) is 13.1 Å². The Balaban J connectivity index is 1.98. The monoisotopic (exact) mass is 369 g/mol. The first-order valence-electron chi connectivity index (χ1n) is 7.17. The van der Waals surface area contributed by atoms with E-state index in [-0.39, 0.29) is 10.7 Å². The summed E-state index contributed by atoms with van der Waals surface area (Å²) in [5.74, 6) is 0.507. The standard InChI is InChI=1S/C16H20BrNO4/c1-16(2,3)22-15(20)21-12-6-4-5-11(9-12)10-18-8-7-13(17)14(18)19/h4-6,9,13H,7-8,10H2,1-3H3. The van der Waals surface area contributed by atoms with Crippen molar-refractivity contribution < 1.29 is 19.1 Å². The lowest BCUT2D eigenvalue weighted by Crippen LogP contribution is -2.27. The van der Waals surface area contributed by atoms with Gasteiger partial charge in [-0.25, -0.2) is 4.79 Å². The summed E-state index contributed by atoms with van der Waals surface area (Å²) in [5, 5.41) is 0. The van der Waals surface area contributed by atoms with Gasteiger partial charge < -0.3 is 14.4 Å². The fraction of sp³-hybridized carbons (Fsp3) is 0.500. The van der Waals surface area contributed by atoms with Crippen molar-refractivity contribution >= 4 is 28.0 Å². The highest BCUT2D eigenvalue weighted by atomic mass is 79.9. The number of hydrogen-bond donors (Lipinski definition) is 0. The molecule has 1 aliphatic heterocycles. The van der Waals surface area contributed by atoms with E-state index in [4.69, 9.17) is 9.47 Å². The van der Waals surface area contributed by atoms with E-state index >= 15 is 0 Å². The number of nitrogens with zero attached hydrogens (tertiary/aromatic N) is 1. The molecule has 0 radical (unpaired) electrons. The molecule has 0 bridgehead atoms. The Morgan fingerprint density at radius 2 is 2.14 bits per heavy atom. The molecule has 0 spiro atoms. The van der Waals surface area contributed by atoms with Crippen molar-refractivity contribution in [3.8, 4) is 5.75 Å². The molecule has 0 N–H and O–H groups in total. The van der Waals surface area contributed by atoms with Gasteiger partial charge in [0.25, 0.3) is 0 Å². The number of alkyl halides is 1. The molecular formula is C16H20BrNO4. The smallest absolute Gasteiger partial charge is 0.428 e. The number of carbonyl (C=O) groups excluding carboxylic acids is 2. The van der Waals surface area contributed by atoms with Gasteiger partial charge in [0.15, 0.2) is 0 Å². The first-order valence-corrected chi connectivity index (χ1v) is 8.09. The zero-order valence-electron chi connectivity index (χ0n) is 13.0. The predicted octanol–water partition coefficient (Wildman–Crippen LogP) is 3.50. The highest BCUT2D eigenvalue weighted by molar-refractivity contribution is 9.10. The molecule has 0 saturated carbocycles. The Morgan fingerprint density at radius 3 is 2.73 bits per heavy atom. The van der Waals surface area contributed by atoms with E-state index in [0.29, 0.717) is 12.3 Å². The molecule has 1 amide bonds. The van der Waals surface area contributed by atoms with Crippen molar-refractivity contribution in [2.75, 3.05) is 6.54 Å². The molecule has 1 unspecified atom stereocenters. The first-order chi connectivity index (χ1) is 10.2. The number of rotatable bonds is 3. The van der Waals surface area contributed by atoms with E-state index in [0.717, 1.165) is 18.5 Å². The van der Waals surface area contributed by atoms with Crippen LogP contribution in [0.2, 0.25) is 0 Å². The molecule has 2 rings (SSSR count). The summed E-state index contributed by atoms with van der Waals surface area (Å²) >= 11 is 3.36. The van der Waals surface area contributed by atoms with Crippen LogP contribution in [-0.4, -0.2) is 33.9 Å². The highest BCUT2D eigenvalue weighted by Gasteiger charge is 2.29. The van der Waals surface area contributed by atoms with Crippen molar-refractivity contribution in [1.29, 1.82) is 0 Å². The number of likely N-dealkylation sites (tertiary alicyclic amines) is 1. The van der Waals surface area contributed by atoms with Crippen LogP contribution in [0.3, 0.4) is 0 Å². The maximum absolute atomic E-state index is 11.9. The largest absolute Gasteiger partial charge is 0.514 e. The van der Waals surface area contributed by atoms with Crippen LogP contribution in [-0.2, 0) is 16.1 Å². The van der Waals surface area contributed by atoms with E-state index < -0.39 is 11.8 Å². The number of hydrogen-bond acceptors (Lipinski definition) is 4. The van der Waals surface area contributed by atoms with Crippen LogP contribution < -0.4 is 4.74 Å². The average Bonchev–Trinajstić information content (AvgIpc) is 2.69. The topological polar surface area (TPSA) is 55.8 Å². The number of amides is 1. The van der Waals surface area contributed by atoms with Gasteiger partial charge >= 0.3 is 6.16 Å². The van der Waals surface area contributed by atoms with Gasteiger partial charge in [-0.1, -0.05) is 28.1 Å². The number of benzene rings is 1. The predicted molar refractivity (Wildman–Crippen MR) is 86.1 cm³/mol. The zero-order valence-corrected chi connectivity index (χ0v) is 14.6. The molecule has 0 aliphatic carbocycles. The van der Waals surface area contributed by atoms with Crippen LogP contribution >= 0.6 is 15.9 Å². The molecule has 6 heteroatoms. The summed E-state index contributed by atoms with van der Waals surface area (Å²) < 4.78 is 10.3. The summed E-state index contributed by atoms with van der Waals surface area (Å²) in [6.07, 6.45) is 0.0786. The maximum Gasteiger partial charge on any atom is 0.514 e. The molecule has 1 heterocycles. The molecular weight excluding hydrogens is 350 g/mol. The quantitative estimate of drug-likeness (QED) is 0.464. The van der Waals surface area contributed by atoms with E-state index in [9.17, 15) is 9.59 Å². The maximum atomic E-state index is 11.9. The Hall–Kier alpha value is -1.56. The van der Waals surface area contributed by atoms with Crippen molar-refractivity contribution in [2.24, 2.45) is 0 Å². The minimum Gasteiger partial charge on any atom is -0.428 e. The molecule has 1 aromatic rings. The van der Waals surface area contributed by atoms with Crippen LogP contribution in [0.5, 0.6) is 5.75 Å². The SMILES string of the molecule is CC(C)(C)OC(=O)Oc1cccc(CN2CCC(Br)C2=O)c1. The van der Waals surface area contributed by atoms with Gasteiger partial charge in [0.05, 0.1) is 4.83 Å².